The highest BCUT2D eigenvalue weighted by Gasteiger charge is 2.17. The number of aryl methyl sites for hydroxylation is 1. The molecule has 0 aliphatic carbocycles. The highest BCUT2D eigenvalue weighted by Crippen LogP contribution is 2.26. The number of nitrogens with zero attached hydrogens (tertiary/aromatic N) is 2. The zero-order valence-electron chi connectivity index (χ0n) is 17.1. The molecule has 0 spiro atoms. The minimum atomic E-state index is -0.979. The number of aromatic carboxylic acids is 1. The van der Waals surface area contributed by atoms with Crippen LogP contribution in [0.3, 0.4) is 0 Å². The Kier molecular flexibility index (Phi) is 5.80. The molecule has 4 aromatic rings. The second kappa shape index (κ2) is 8.68. The van der Waals surface area contributed by atoms with E-state index in [0.29, 0.717) is 29.6 Å². The summed E-state index contributed by atoms with van der Waals surface area (Å²) in [5.41, 5.74) is 3.19. The highest BCUT2D eigenvalue weighted by atomic mass is 19.1. The lowest BCUT2D eigenvalue weighted by atomic mass is 9.99. The number of hydrogen-bond donors (Lipinski definition) is 1. The summed E-state index contributed by atoms with van der Waals surface area (Å²) in [4.78, 5) is 16.0. The van der Waals surface area contributed by atoms with Gasteiger partial charge in [0.15, 0.2) is 5.82 Å². The fourth-order valence-electron chi connectivity index (χ4n) is 3.82. The van der Waals surface area contributed by atoms with E-state index in [1.54, 1.807) is 28.8 Å². The average Bonchev–Trinajstić information content (AvgIpc) is 3.09. The van der Waals surface area contributed by atoms with E-state index in [9.17, 15) is 18.7 Å². The summed E-state index contributed by atoms with van der Waals surface area (Å²) in [5, 5.41) is 9.43. The summed E-state index contributed by atoms with van der Waals surface area (Å²) in [7, 11) is 0. The summed E-state index contributed by atoms with van der Waals surface area (Å²) < 4.78 is 30.1. The van der Waals surface area contributed by atoms with Gasteiger partial charge in [0.05, 0.1) is 11.1 Å². The first-order chi connectivity index (χ1) is 15.0. The lowest BCUT2D eigenvalue weighted by molar-refractivity contribution is 0.0697. The van der Waals surface area contributed by atoms with Gasteiger partial charge in [0.1, 0.15) is 17.2 Å². The minimum absolute atomic E-state index is 0.238. The Balaban J connectivity index is 1.71. The van der Waals surface area contributed by atoms with Crippen LogP contribution in [0.4, 0.5) is 8.78 Å². The van der Waals surface area contributed by atoms with Crippen LogP contribution in [0.25, 0.3) is 22.2 Å². The Morgan fingerprint density at radius 2 is 1.81 bits per heavy atom. The van der Waals surface area contributed by atoms with Gasteiger partial charge in [-0.05, 0) is 29.2 Å². The van der Waals surface area contributed by atoms with E-state index in [1.807, 2.05) is 24.3 Å². The molecule has 31 heavy (non-hydrogen) atoms. The van der Waals surface area contributed by atoms with Gasteiger partial charge in [-0.2, -0.15) is 0 Å². The molecule has 0 radical (unpaired) electrons. The molecular formula is C25H22F2N2O2. The molecule has 0 aliphatic heterocycles. The first kappa shape index (κ1) is 20.7. The second-order valence-corrected chi connectivity index (χ2v) is 7.52. The zero-order valence-corrected chi connectivity index (χ0v) is 17.1. The molecular weight excluding hydrogens is 398 g/mol. The normalized spacial score (nSPS) is 11.2. The van der Waals surface area contributed by atoms with E-state index in [2.05, 4.69) is 11.9 Å². The molecule has 158 valence electrons. The van der Waals surface area contributed by atoms with Crippen LogP contribution in [0, 0.1) is 11.6 Å². The van der Waals surface area contributed by atoms with Gasteiger partial charge in [0.2, 0.25) is 0 Å². The van der Waals surface area contributed by atoms with Crippen LogP contribution < -0.4 is 0 Å². The van der Waals surface area contributed by atoms with Gasteiger partial charge in [-0.25, -0.2) is 18.6 Å². The van der Waals surface area contributed by atoms with Crippen molar-refractivity contribution in [3.8, 4) is 11.1 Å². The van der Waals surface area contributed by atoms with Crippen LogP contribution in [0.15, 0.2) is 60.7 Å². The Morgan fingerprint density at radius 3 is 2.52 bits per heavy atom. The van der Waals surface area contributed by atoms with Crippen molar-refractivity contribution in [2.24, 2.45) is 0 Å². The quantitative estimate of drug-likeness (QED) is 0.395. The van der Waals surface area contributed by atoms with Crippen molar-refractivity contribution in [2.75, 3.05) is 0 Å². The third-order valence-corrected chi connectivity index (χ3v) is 5.36. The molecule has 3 aromatic carbocycles. The van der Waals surface area contributed by atoms with Crippen molar-refractivity contribution in [3.05, 3.63) is 89.2 Å². The van der Waals surface area contributed by atoms with E-state index < -0.39 is 17.6 Å². The number of unbranched alkanes of at least 4 members (excludes halogenated alkanes) is 1. The standard InChI is InChI=1S/C25H22F2N2O2/c1-2-3-8-23-28-22-14-18(26)13-21(27)24(22)29(23)15-16-9-11-17(12-10-16)19-6-4-5-7-20(19)25(30)31/h4-7,9-14H,2-3,8,15H2,1H3,(H,30,31). The minimum Gasteiger partial charge on any atom is -0.478 e. The monoisotopic (exact) mass is 420 g/mol. The maximum atomic E-state index is 14.6. The molecule has 1 N–H and O–H groups in total. The first-order valence-corrected chi connectivity index (χ1v) is 10.2. The maximum Gasteiger partial charge on any atom is 0.336 e. The predicted octanol–water partition coefficient (Wildman–Crippen LogP) is 6.07. The molecule has 1 heterocycles. The van der Waals surface area contributed by atoms with Gasteiger partial charge in [-0.3, -0.25) is 0 Å². The number of rotatable bonds is 7. The van der Waals surface area contributed by atoms with Gasteiger partial charge in [-0.1, -0.05) is 55.8 Å². The van der Waals surface area contributed by atoms with Crippen LogP contribution in [0.5, 0.6) is 0 Å². The Bertz CT molecular complexity index is 1250. The van der Waals surface area contributed by atoms with Gasteiger partial charge in [0.25, 0.3) is 0 Å². The van der Waals surface area contributed by atoms with E-state index in [-0.39, 0.29) is 5.56 Å². The predicted molar refractivity (Wildman–Crippen MR) is 116 cm³/mol. The van der Waals surface area contributed by atoms with Crippen molar-refractivity contribution < 1.29 is 18.7 Å². The summed E-state index contributed by atoms with van der Waals surface area (Å²) >= 11 is 0. The highest BCUT2D eigenvalue weighted by molar-refractivity contribution is 5.96. The molecule has 0 unspecified atom stereocenters. The zero-order chi connectivity index (χ0) is 22.0. The van der Waals surface area contributed by atoms with Crippen molar-refractivity contribution in [1.82, 2.24) is 9.55 Å². The smallest absolute Gasteiger partial charge is 0.336 e. The molecule has 0 saturated heterocycles. The molecule has 0 fully saturated rings. The molecule has 4 nitrogen and oxygen atoms in total. The van der Waals surface area contributed by atoms with Crippen LogP contribution in [0.1, 0.15) is 41.5 Å². The number of halogens is 2. The third-order valence-electron chi connectivity index (χ3n) is 5.36. The number of hydrogen-bond acceptors (Lipinski definition) is 2. The summed E-state index contributed by atoms with van der Waals surface area (Å²) in [5.74, 6) is -1.52. The number of fused-ring (bicyclic) bond motifs is 1. The SMILES string of the molecule is CCCCc1nc2cc(F)cc(F)c2n1Cc1ccc(-c2ccccc2C(=O)O)cc1. The maximum absolute atomic E-state index is 14.6. The molecule has 0 saturated carbocycles. The summed E-state index contributed by atoms with van der Waals surface area (Å²) in [6.07, 6.45) is 2.55. The largest absolute Gasteiger partial charge is 0.478 e. The lowest BCUT2D eigenvalue weighted by Crippen LogP contribution is -2.06. The first-order valence-electron chi connectivity index (χ1n) is 10.2. The number of benzene rings is 3. The molecule has 0 aliphatic rings. The topological polar surface area (TPSA) is 55.1 Å². The van der Waals surface area contributed by atoms with Crippen LogP contribution in [-0.2, 0) is 13.0 Å². The molecule has 1 aromatic heterocycles. The Hall–Kier alpha value is -3.54. The number of aromatic nitrogens is 2. The molecule has 0 atom stereocenters. The van der Waals surface area contributed by atoms with E-state index >= 15 is 0 Å². The van der Waals surface area contributed by atoms with Crippen LogP contribution >= 0.6 is 0 Å². The fourth-order valence-corrected chi connectivity index (χ4v) is 3.82. The number of carbonyl (C=O) groups is 1. The van der Waals surface area contributed by atoms with E-state index in [0.717, 1.165) is 35.9 Å². The van der Waals surface area contributed by atoms with Gasteiger partial charge in [0, 0.05) is 25.1 Å². The Labute approximate surface area is 178 Å². The van der Waals surface area contributed by atoms with Gasteiger partial charge < -0.3 is 9.67 Å². The van der Waals surface area contributed by atoms with Gasteiger partial charge >= 0.3 is 5.97 Å². The van der Waals surface area contributed by atoms with Crippen molar-refractivity contribution in [2.45, 2.75) is 32.7 Å². The van der Waals surface area contributed by atoms with E-state index in [1.165, 1.54) is 6.07 Å². The van der Waals surface area contributed by atoms with Gasteiger partial charge in [-0.15, -0.1) is 0 Å². The third kappa shape index (κ3) is 4.19. The van der Waals surface area contributed by atoms with Crippen LogP contribution in [-0.4, -0.2) is 20.6 Å². The van der Waals surface area contributed by atoms with E-state index in [4.69, 9.17) is 0 Å². The van der Waals surface area contributed by atoms with Crippen molar-refractivity contribution in [1.29, 1.82) is 0 Å². The fraction of sp³-hybridized carbons (Fsp3) is 0.200. The molecule has 0 amide bonds. The average molecular weight is 420 g/mol. The number of carboxylic acids is 1. The second-order valence-electron chi connectivity index (χ2n) is 7.52. The van der Waals surface area contributed by atoms with Crippen molar-refractivity contribution >= 4 is 17.0 Å². The summed E-state index contributed by atoms with van der Waals surface area (Å²) in [6, 6.07) is 16.5. The van der Waals surface area contributed by atoms with Crippen molar-refractivity contribution in [3.63, 3.8) is 0 Å². The number of carboxylic acid groups (broad SMARTS) is 1. The number of imidazole rings is 1. The molecule has 6 heteroatoms. The Morgan fingerprint density at radius 1 is 1.06 bits per heavy atom. The summed E-state index contributed by atoms with van der Waals surface area (Å²) in [6.45, 7) is 2.46. The lowest BCUT2D eigenvalue weighted by Gasteiger charge is -2.11. The van der Waals surface area contributed by atoms with Crippen LogP contribution in [0.2, 0.25) is 0 Å². The molecule has 0 bridgehead atoms. The molecule has 4 rings (SSSR count).